The molecule has 0 spiro atoms. The average molecular weight is 345 g/mol. The fourth-order valence-electron chi connectivity index (χ4n) is 2.80. The first-order chi connectivity index (χ1) is 11.0. The quantitative estimate of drug-likeness (QED) is 0.687. The number of phenolic OH excluding ortho intramolecular Hbond substituents is 2. The highest BCUT2D eigenvalue weighted by Crippen LogP contribution is 2.45. The summed E-state index contributed by atoms with van der Waals surface area (Å²) in [5.41, 5.74) is 3.96. The Balaban J connectivity index is 2.55. The molecule has 0 aliphatic rings. The number of rotatable bonds is 3. The maximum absolute atomic E-state index is 10.7. The van der Waals surface area contributed by atoms with E-state index in [9.17, 15) is 10.2 Å². The van der Waals surface area contributed by atoms with Gasteiger partial charge in [-0.15, -0.1) is 0 Å². The Morgan fingerprint density at radius 3 is 1.83 bits per heavy atom. The van der Waals surface area contributed by atoms with Crippen molar-refractivity contribution < 1.29 is 10.2 Å². The second-order valence-corrected chi connectivity index (χ2v) is 8.95. The van der Waals surface area contributed by atoms with Crippen LogP contribution in [-0.4, -0.2) is 10.2 Å². The predicted octanol–water partition coefficient (Wildman–Crippen LogP) is 6.29. The fraction of sp³-hybridized carbons (Fsp3) is 0.429. The lowest BCUT2D eigenvalue weighted by atomic mass is 9.85. The summed E-state index contributed by atoms with van der Waals surface area (Å²) in [6.45, 7) is 14.5. The Morgan fingerprint density at radius 1 is 0.833 bits per heavy atom. The third-order valence-electron chi connectivity index (χ3n) is 4.12. The molecule has 0 aromatic heterocycles. The smallest absolute Gasteiger partial charge is 0.133 e. The van der Waals surface area contributed by atoms with Crippen molar-refractivity contribution in [3.05, 3.63) is 46.5 Å². The lowest BCUT2D eigenvalue weighted by Crippen LogP contribution is -2.12. The first-order valence-electron chi connectivity index (χ1n) is 8.36. The van der Waals surface area contributed by atoms with Crippen LogP contribution in [0.4, 0.5) is 0 Å². The molecule has 2 nitrogen and oxygen atoms in total. The van der Waals surface area contributed by atoms with E-state index in [1.54, 1.807) is 0 Å². The van der Waals surface area contributed by atoms with Crippen molar-refractivity contribution in [2.75, 3.05) is 0 Å². The zero-order valence-corrected chi connectivity index (χ0v) is 16.5. The molecule has 0 unspecified atom stereocenters. The molecule has 0 heterocycles. The number of hydrogen-bond donors (Lipinski definition) is 2. The van der Waals surface area contributed by atoms with Gasteiger partial charge in [0.25, 0.3) is 0 Å². The van der Waals surface area contributed by atoms with Crippen molar-refractivity contribution >= 4 is 11.8 Å². The van der Waals surface area contributed by atoms with Crippen molar-refractivity contribution in [2.45, 2.75) is 69.6 Å². The Labute approximate surface area is 149 Å². The van der Waals surface area contributed by atoms with E-state index in [1.807, 2.05) is 38.1 Å². The number of hydrogen-bond acceptors (Lipinski definition) is 3. The summed E-state index contributed by atoms with van der Waals surface area (Å²) in [5.74, 6) is 0.879. The van der Waals surface area contributed by atoms with Crippen LogP contribution < -0.4 is 0 Å². The van der Waals surface area contributed by atoms with E-state index < -0.39 is 0 Å². The van der Waals surface area contributed by atoms with Gasteiger partial charge in [-0.25, -0.2) is 0 Å². The summed E-state index contributed by atoms with van der Waals surface area (Å²) in [6.07, 6.45) is 0. The highest BCUT2D eigenvalue weighted by atomic mass is 32.2. The molecular formula is C21H28O2S. The molecule has 0 aliphatic heterocycles. The van der Waals surface area contributed by atoms with Gasteiger partial charge in [0.05, 0.1) is 9.79 Å². The van der Waals surface area contributed by atoms with Gasteiger partial charge in [0.15, 0.2) is 0 Å². The summed E-state index contributed by atoms with van der Waals surface area (Å²) in [4.78, 5) is 1.58. The van der Waals surface area contributed by atoms with E-state index >= 15 is 0 Å². The Bertz CT molecular complexity index is 755. The van der Waals surface area contributed by atoms with Gasteiger partial charge in [-0.2, -0.15) is 0 Å². The second kappa shape index (κ2) is 6.72. The van der Waals surface area contributed by atoms with E-state index in [-0.39, 0.29) is 11.3 Å². The molecule has 0 saturated carbocycles. The standard InChI is InChI=1S/C21H28O2S/c1-12(2)15-8-13(3)10-17(19(15)22)24-18-11-14(4)9-16(20(18)23)21(5,6)7/h8-12,22-23H,1-7H3. The number of phenols is 2. The molecule has 24 heavy (non-hydrogen) atoms. The molecule has 0 fully saturated rings. The SMILES string of the molecule is Cc1cc(Sc2cc(C)cc(C(C)(C)C)c2O)c(O)c(C(C)C)c1. The second-order valence-electron chi connectivity index (χ2n) is 7.87. The van der Waals surface area contributed by atoms with Crippen LogP contribution in [0.25, 0.3) is 0 Å². The highest BCUT2D eigenvalue weighted by molar-refractivity contribution is 7.99. The van der Waals surface area contributed by atoms with Crippen molar-refractivity contribution in [3.63, 3.8) is 0 Å². The Hall–Kier alpha value is -1.61. The zero-order chi connectivity index (χ0) is 18.2. The van der Waals surface area contributed by atoms with Crippen molar-refractivity contribution in [1.29, 1.82) is 0 Å². The molecule has 0 amide bonds. The van der Waals surface area contributed by atoms with Gasteiger partial charge in [0, 0.05) is 5.56 Å². The van der Waals surface area contributed by atoms with E-state index in [1.165, 1.54) is 11.8 Å². The molecule has 2 aromatic rings. The van der Waals surface area contributed by atoms with Gasteiger partial charge >= 0.3 is 0 Å². The van der Waals surface area contributed by atoms with E-state index in [4.69, 9.17) is 0 Å². The first-order valence-corrected chi connectivity index (χ1v) is 9.17. The van der Waals surface area contributed by atoms with E-state index in [2.05, 4.69) is 34.6 Å². The van der Waals surface area contributed by atoms with Crippen molar-refractivity contribution in [1.82, 2.24) is 0 Å². The molecule has 3 heteroatoms. The molecular weight excluding hydrogens is 316 g/mol. The minimum absolute atomic E-state index is 0.136. The summed E-state index contributed by atoms with van der Waals surface area (Å²) < 4.78 is 0. The van der Waals surface area contributed by atoms with Crippen LogP contribution in [0.2, 0.25) is 0 Å². The van der Waals surface area contributed by atoms with Gasteiger partial charge < -0.3 is 10.2 Å². The van der Waals surface area contributed by atoms with Gasteiger partial charge in [0.2, 0.25) is 0 Å². The largest absolute Gasteiger partial charge is 0.506 e. The molecule has 0 bridgehead atoms. The lowest BCUT2D eigenvalue weighted by Gasteiger charge is -2.23. The van der Waals surface area contributed by atoms with Crippen LogP contribution in [0.5, 0.6) is 11.5 Å². The Morgan fingerprint density at radius 2 is 1.33 bits per heavy atom. The zero-order valence-electron chi connectivity index (χ0n) is 15.7. The molecule has 2 aromatic carbocycles. The van der Waals surface area contributed by atoms with Gasteiger partial charge in [0.1, 0.15) is 11.5 Å². The number of aromatic hydroxyl groups is 2. The van der Waals surface area contributed by atoms with Crippen LogP contribution in [0.1, 0.15) is 62.8 Å². The van der Waals surface area contributed by atoms with Gasteiger partial charge in [-0.1, -0.05) is 58.5 Å². The highest BCUT2D eigenvalue weighted by Gasteiger charge is 2.22. The van der Waals surface area contributed by atoms with Crippen LogP contribution in [0.3, 0.4) is 0 Å². The summed E-state index contributed by atoms with van der Waals surface area (Å²) in [7, 11) is 0. The fourth-order valence-corrected chi connectivity index (χ4v) is 3.95. The van der Waals surface area contributed by atoms with Crippen molar-refractivity contribution in [2.24, 2.45) is 0 Å². The first kappa shape index (κ1) is 18.7. The average Bonchev–Trinajstić information content (AvgIpc) is 2.44. The van der Waals surface area contributed by atoms with Crippen LogP contribution in [0, 0.1) is 13.8 Å². The number of aryl methyl sites for hydroxylation is 2. The molecule has 2 rings (SSSR count). The molecule has 0 aliphatic carbocycles. The maximum Gasteiger partial charge on any atom is 0.133 e. The molecule has 0 saturated heterocycles. The van der Waals surface area contributed by atoms with Crippen molar-refractivity contribution in [3.8, 4) is 11.5 Å². The third kappa shape index (κ3) is 3.89. The maximum atomic E-state index is 10.7. The Kier molecular flexibility index (Phi) is 5.24. The molecule has 0 atom stereocenters. The summed E-state index contributed by atoms with van der Waals surface area (Å²) in [5, 5.41) is 21.4. The van der Waals surface area contributed by atoms with E-state index in [0.717, 1.165) is 32.0 Å². The molecule has 130 valence electrons. The van der Waals surface area contributed by atoms with Crippen LogP contribution in [-0.2, 0) is 5.41 Å². The minimum atomic E-state index is -0.136. The minimum Gasteiger partial charge on any atom is -0.506 e. The topological polar surface area (TPSA) is 40.5 Å². The third-order valence-corrected chi connectivity index (χ3v) is 5.18. The molecule has 2 N–H and O–H groups in total. The monoisotopic (exact) mass is 344 g/mol. The van der Waals surface area contributed by atoms with Crippen LogP contribution in [0.15, 0.2) is 34.1 Å². The predicted molar refractivity (Wildman–Crippen MR) is 103 cm³/mol. The van der Waals surface area contributed by atoms with E-state index in [0.29, 0.717) is 11.5 Å². The van der Waals surface area contributed by atoms with Gasteiger partial charge in [-0.3, -0.25) is 0 Å². The van der Waals surface area contributed by atoms with Crippen LogP contribution >= 0.6 is 11.8 Å². The number of benzene rings is 2. The molecule has 0 radical (unpaired) electrons. The summed E-state index contributed by atoms with van der Waals surface area (Å²) >= 11 is 1.43. The normalized spacial score (nSPS) is 12.0. The van der Waals surface area contributed by atoms with Gasteiger partial charge in [-0.05, 0) is 54.0 Å². The lowest BCUT2D eigenvalue weighted by molar-refractivity contribution is 0.434. The summed E-state index contributed by atoms with van der Waals surface area (Å²) in [6, 6.07) is 8.02.